The van der Waals surface area contributed by atoms with Crippen molar-refractivity contribution in [3.8, 4) is 0 Å². The van der Waals surface area contributed by atoms with Gasteiger partial charge >= 0.3 is 5.97 Å². The molecule has 0 spiro atoms. The van der Waals surface area contributed by atoms with Crippen molar-refractivity contribution in [2.75, 3.05) is 19.7 Å². The minimum Gasteiger partial charge on any atom is -0.480 e. The van der Waals surface area contributed by atoms with E-state index in [1.54, 1.807) is 0 Å². The van der Waals surface area contributed by atoms with Crippen LogP contribution in [0, 0.1) is 0 Å². The number of ether oxygens (including phenoxy) is 1. The largest absolute Gasteiger partial charge is 0.480 e. The van der Waals surface area contributed by atoms with Crippen LogP contribution in [-0.2, 0) is 9.53 Å². The van der Waals surface area contributed by atoms with Gasteiger partial charge in [0.05, 0.1) is 6.10 Å². The molecule has 2 fully saturated rings. The molecular weight excluding hydrogens is 206 g/mol. The average Bonchev–Trinajstić information content (AvgIpc) is 2.51. The summed E-state index contributed by atoms with van der Waals surface area (Å²) in [7, 11) is 0. The van der Waals surface area contributed by atoms with Crippen molar-refractivity contribution in [3.63, 3.8) is 0 Å². The van der Waals surface area contributed by atoms with Crippen LogP contribution in [0.25, 0.3) is 0 Å². The van der Waals surface area contributed by atoms with Crippen LogP contribution in [0.1, 0.15) is 39.0 Å². The Balaban J connectivity index is 2.20. The number of carboxylic acids is 1. The standard InChI is InChI=1S/C12H21NO3/c1-10-12(11(14)15,6-9-16-10)13-7-4-2-3-5-8-13/h10H,2-9H2,1H3,(H,14,15). The molecule has 2 aliphatic heterocycles. The third-order valence-corrected chi connectivity index (χ3v) is 4.06. The van der Waals surface area contributed by atoms with Gasteiger partial charge in [-0.3, -0.25) is 9.69 Å². The van der Waals surface area contributed by atoms with Gasteiger partial charge in [0.2, 0.25) is 0 Å². The third-order valence-electron chi connectivity index (χ3n) is 4.06. The molecule has 0 amide bonds. The lowest BCUT2D eigenvalue weighted by Crippen LogP contribution is -2.59. The van der Waals surface area contributed by atoms with E-state index in [0.29, 0.717) is 13.0 Å². The van der Waals surface area contributed by atoms with Gasteiger partial charge in [-0.25, -0.2) is 0 Å². The number of likely N-dealkylation sites (tertiary alicyclic amines) is 1. The zero-order valence-corrected chi connectivity index (χ0v) is 9.95. The van der Waals surface area contributed by atoms with Crippen LogP contribution >= 0.6 is 0 Å². The second kappa shape index (κ2) is 4.72. The molecule has 2 unspecified atom stereocenters. The molecule has 0 aliphatic carbocycles. The zero-order chi connectivity index (χ0) is 11.6. The highest BCUT2D eigenvalue weighted by Crippen LogP contribution is 2.34. The molecule has 0 aromatic carbocycles. The minimum atomic E-state index is -0.760. The highest BCUT2D eigenvalue weighted by Gasteiger charge is 2.52. The molecule has 2 atom stereocenters. The summed E-state index contributed by atoms with van der Waals surface area (Å²) in [5.41, 5.74) is -0.760. The minimum absolute atomic E-state index is 0.192. The van der Waals surface area contributed by atoms with E-state index < -0.39 is 11.5 Å². The van der Waals surface area contributed by atoms with Gasteiger partial charge in [0.15, 0.2) is 0 Å². The maximum Gasteiger partial charge on any atom is 0.326 e. The van der Waals surface area contributed by atoms with Crippen molar-refractivity contribution >= 4 is 5.97 Å². The average molecular weight is 227 g/mol. The van der Waals surface area contributed by atoms with Crippen LogP contribution < -0.4 is 0 Å². The van der Waals surface area contributed by atoms with Crippen LogP contribution in [0.5, 0.6) is 0 Å². The Kier molecular flexibility index (Phi) is 3.50. The predicted molar refractivity (Wildman–Crippen MR) is 60.4 cm³/mol. The molecule has 0 aromatic rings. The molecule has 0 saturated carbocycles. The van der Waals surface area contributed by atoms with E-state index in [0.717, 1.165) is 25.9 Å². The summed E-state index contributed by atoms with van der Waals surface area (Å²) in [6.45, 7) is 4.27. The summed E-state index contributed by atoms with van der Waals surface area (Å²) >= 11 is 0. The molecule has 1 N–H and O–H groups in total. The molecule has 0 radical (unpaired) electrons. The van der Waals surface area contributed by atoms with Crippen molar-refractivity contribution in [1.29, 1.82) is 0 Å². The van der Waals surface area contributed by atoms with Crippen LogP contribution in [0.4, 0.5) is 0 Å². The van der Waals surface area contributed by atoms with Gasteiger partial charge in [-0.1, -0.05) is 12.8 Å². The highest BCUT2D eigenvalue weighted by atomic mass is 16.5. The van der Waals surface area contributed by atoms with Gasteiger partial charge in [-0.15, -0.1) is 0 Å². The van der Waals surface area contributed by atoms with Crippen molar-refractivity contribution in [3.05, 3.63) is 0 Å². The van der Waals surface area contributed by atoms with E-state index in [1.807, 2.05) is 6.92 Å². The van der Waals surface area contributed by atoms with E-state index >= 15 is 0 Å². The molecule has 2 heterocycles. The first kappa shape index (κ1) is 11.9. The van der Waals surface area contributed by atoms with E-state index in [2.05, 4.69) is 4.90 Å². The van der Waals surface area contributed by atoms with Gasteiger partial charge in [0, 0.05) is 13.0 Å². The third kappa shape index (κ3) is 1.84. The van der Waals surface area contributed by atoms with Crippen molar-refractivity contribution < 1.29 is 14.6 Å². The lowest BCUT2D eigenvalue weighted by atomic mass is 9.89. The second-order valence-electron chi connectivity index (χ2n) is 4.89. The summed E-state index contributed by atoms with van der Waals surface area (Å²) in [5.74, 6) is -0.709. The van der Waals surface area contributed by atoms with Crippen LogP contribution in [0.2, 0.25) is 0 Å². The first-order valence-electron chi connectivity index (χ1n) is 6.28. The Morgan fingerprint density at radius 3 is 2.38 bits per heavy atom. The SMILES string of the molecule is CC1OCCC1(C(=O)O)N1CCCCCC1. The van der Waals surface area contributed by atoms with E-state index in [9.17, 15) is 9.90 Å². The van der Waals surface area contributed by atoms with Crippen LogP contribution in [-0.4, -0.2) is 47.3 Å². The fourth-order valence-electron chi connectivity index (χ4n) is 3.03. The van der Waals surface area contributed by atoms with Crippen molar-refractivity contribution in [2.24, 2.45) is 0 Å². The molecule has 4 nitrogen and oxygen atoms in total. The van der Waals surface area contributed by atoms with Gasteiger partial charge in [-0.05, 0) is 32.9 Å². The first-order valence-corrected chi connectivity index (χ1v) is 6.28. The topological polar surface area (TPSA) is 49.8 Å². The summed E-state index contributed by atoms with van der Waals surface area (Å²) in [6.07, 6.45) is 5.11. The second-order valence-corrected chi connectivity index (χ2v) is 4.89. The fourth-order valence-corrected chi connectivity index (χ4v) is 3.03. The monoisotopic (exact) mass is 227 g/mol. The Labute approximate surface area is 96.6 Å². The number of nitrogens with zero attached hydrogens (tertiary/aromatic N) is 1. The van der Waals surface area contributed by atoms with Crippen LogP contribution in [0.15, 0.2) is 0 Å². The highest BCUT2D eigenvalue weighted by molar-refractivity contribution is 5.80. The van der Waals surface area contributed by atoms with E-state index in [1.165, 1.54) is 12.8 Å². The molecule has 2 rings (SSSR count). The van der Waals surface area contributed by atoms with E-state index in [4.69, 9.17) is 4.74 Å². The van der Waals surface area contributed by atoms with Crippen molar-refractivity contribution in [1.82, 2.24) is 4.90 Å². The predicted octanol–water partition coefficient (Wildman–Crippen LogP) is 1.49. The van der Waals surface area contributed by atoms with Gasteiger partial charge < -0.3 is 9.84 Å². The van der Waals surface area contributed by atoms with Gasteiger partial charge in [0.1, 0.15) is 5.54 Å². The number of rotatable bonds is 2. The Hall–Kier alpha value is -0.610. The maximum atomic E-state index is 11.6. The van der Waals surface area contributed by atoms with Gasteiger partial charge in [0.25, 0.3) is 0 Å². The Bertz CT molecular complexity index is 261. The lowest BCUT2D eigenvalue weighted by Gasteiger charge is -2.39. The zero-order valence-electron chi connectivity index (χ0n) is 9.95. The molecule has 0 bridgehead atoms. The number of hydrogen-bond donors (Lipinski definition) is 1. The molecule has 16 heavy (non-hydrogen) atoms. The molecule has 0 aromatic heterocycles. The molecule has 4 heteroatoms. The molecule has 2 aliphatic rings. The smallest absolute Gasteiger partial charge is 0.326 e. The van der Waals surface area contributed by atoms with Crippen molar-refractivity contribution in [2.45, 2.75) is 50.7 Å². The number of carboxylic acid groups (broad SMARTS) is 1. The van der Waals surface area contributed by atoms with Crippen LogP contribution in [0.3, 0.4) is 0 Å². The summed E-state index contributed by atoms with van der Waals surface area (Å²) < 4.78 is 5.50. The Morgan fingerprint density at radius 2 is 1.94 bits per heavy atom. The lowest BCUT2D eigenvalue weighted by molar-refractivity contribution is -0.155. The summed E-state index contributed by atoms with van der Waals surface area (Å²) in [5, 5.41) is 9.56. The number of aliphatic carboxylic acids is 1. The molecule has 92 valence electrons. The maximum absolute atomic E-state index is 11.6. The number of carbonyl (C=O) groups is 1. The summed E-state index contributed by atoms with van der Waals surface area (Å²) in [4.78, 5) is 13.8. The normalized spacial score (nSPS) is 37.2. The quantitative estimate of drug-likeness (QED) is 0.776. The van der Waals surface area contributed by atoms with Gasteiger partial charge in [-0.2, -0.15) is 0 Å². The Morgan fingerprint density at radius 1 is 1.31 bits per heavy atom. The summed E-state index contributed by atoms with van der Waals surface area (Å²) in [6, 6.07) is 0. The number of hydrogen-bond acceptors (Lipinski definition) is 3. The van der Waals surface area contributed by atoms with E-state index in [-0.39, 0.29) is 6.10 Å². The molecular formula is C12H21NO3. The first-order chi connectivity index (χ1) is 7.68. The fraction of sp³-hybridized carbons (Fsp3) is 0.917. The molecule has 2 saturated heterocycles.